The van der Waals surface area contributed by atoms with Crippen LogP contribution in [0.3, 0.4) is 0 Å². The van der Waals surface area contributed by atoms with Gasteiger partial charge in [-0.3, -0.25) is 4.68 Å². The summed E-state index contributed by atoms with van der Waals surface area (Å²) in [5.41, 5.74) is 8.69. The standard InChI is InChI=1S/C15H22N4O2/c1-4-6-19-9-11(16)7-14(19)15(20)21-10-13-8-12(5-2)17-18(13)3/h7-9H,4-6,10,16H2,1-3H3. The maximum atomic E-state index is 12.2. The molecule has 21 heavy (non-hydrogen) atoms. The topological polar surface area (TPSA) is 75.1 Å². The molecule has 0 unspecified atom stereocenters. The van der Waals surface area contributed by atoms with E-state index in [1.54, 1.807) is 16.9 Å². The molecule has 2 aromatic rings. The summed E-state index contributed by atoms with van der Waals surface area (Å²) in [6.45, 7) is 5.04. The molecule has 0 aromatic carbocycles. The van der Waals surface area contributed by atoms with Gasteiger partial charge in [0.2, 0.25) is 0 Å². The molecule has 6 heteroatoms. The number of hydrogen-bond acceptors (Lipinski definition) is 4. The number of aromatic nitrogens is 3. The average molecular weight is 290 g/mol. The molecule has 0 bridgehead atoms. The molecule has 2 N–H and O–H groups in total. The number of nitrogen functional groups attached to an aromatic ring is 1. The van der Waals surface area contributed by atoms with Gasteiger partial charge in [0.25, 0.3) is 0 Å². The van der Waals surface area contributed by atoms with Gasteiger partial charge in [-0.2, -0.15) is 5.10 Å². The molecule has 0 amide bonds. The predicted molar refractivity (Wildman–Crippen MR) is 80.8 cm³/mol. The summed E-state index contributed by atoms with van der Waals surface area (Å²) >= 11 is 0. The van der Waals surface area contributed by atoms with Gasteiger partial charge in [-0.15, -0.1) is 0 Å². The van der Waals surface area contributed by atoms with E-state index in [1.165, 1.54) is 0 Å². The molecule has 0 aliphatic carbocycles. The van der Waals surface area contributed by atoms with Crippen molar-refractivity contribution in [2.24, 2.45) is 7.05 Å². The number of ether oxygens (including phenoxy) is 1. The molecule has 0 saturated carbocycles. The Bertz CT molecular complexity index is 628. The van der Waals surface area contributed by atoms with Gasteiger partial charge in [0.15, 0.2) is 0 Å². The van der Waals surface area contributed by atoms with Crippen LogP contribution in [0.25, 0.3) is 0 Å². The van der Waals surface area contributed by atoms with E-state index < -0.39 is 0 Å². The SMILES string of the molecule is CCCn1cc(N)cc1C(=O)OCc1cc(CC)nn1C. The van der Waals surface area contributed by atoms with Crippen LogP contribution in [0.1, 0.15) is 42.1 Å². The second kappa shape index (κ2) is 6.47. The second-order valence-electron chi connectivity index (χ2n) is 5.03. The lowest BCUT2D eigenvalue weighted by atomic mass is 10.3. The first kappa shape index (κ1) is 15.2. The van der Waals surface area contributed by atoms with E-state index >= 15 is 0 Å². The molecule has 2 rings (SSSR count). The molecule has 2 aromatic heterocycles. The van der Waals surface area contributed by atoms with Crippen molar-refractivity contribution in [2.75, 3.05) is 5.73 Å². The van der Waals surface area contributed by atoms with Crippen molar-refractivity contribution in [3.8, 4) is 0 Å². The smallest absolute Gasteiger partial charge is 0.355 e. The summed E-state index contributed by atoms with van der Waals surface area (Å²) in [5.74, 6) is -0.362. The third-order valence-corrected chi connectivity index (χ3v) is 3.33. The van der Waals surface area contributed by atoms with Crippen LogP contribution >= 0.6 is 0 Å². The molecule has 0 spiro atoms. The number of nitrogens with zero attached hydrogens (tertiary/aromatic N) is 3. The van der Waals surface area contributed by atoms with Crippen LogP contribution < -0.4 is 5.73 Å². The van der Waals surface area contributed by atoms with Gasteiger partial charge in [0.1, 0.15) is 12.3 Å². The number of nitrogens with two attached hydrogens (primary N) is 1. The van der Waals surface area contributed by atoms with E-state index in [1.807, 2.05) is 31.5 Å². The van der Waals surface area contributed by atoms with Crippen molar-refractivity contribution < 1.29 is 9.53 Å². The van der Waals surface area contributed by atoms with E-state index in [9.17, 15) is 4.79 Å². The van der Waals surface area contributed by atoms with E-state index in [0.717, 1.165) is 30.8 Å². The zero-order valence-corrected chi connectivity index (χ0v) is 12.8. The van der Waals surface area contributed by atoms with E-state index in [0.29, 0.717) is 11.4 Å². The Balaban J connectivity index is 2.06. The van der Waals surface area contributed by atoms with Gasteiger partial charge >= 0.3 is 5.97 Å². The number of anilines is 1. The molecule has 0 aliphatic rings. The Morgan fingerprint density at radius 2 is 2.14 bits per heavy atom. The van der Waals surface area contributed by atoms with E-state index in [4.69, 9.17) is 10.5 Å². The monoisotopic (exact) mass is 290 g/mol. The van der Waals surface area contributed by atoms with Crippen LogP contribution in [0.4, 0.5) is 5.69 Å². The summed E-state index contributed by atoms with van der Waals surface area (Å²) < 4.78 is 8.95. The first-order valence-corrected chi connectivity index (χ1v) is 7.19. The fraction of sp³-hybridized carbons (Fsp3) is 0.467. The van der Waals surface area contributed by atoms with Crippen LogP contribution in [-0.2, 0) is 31.4 Å². The Labute approximate surface area is 124 Å². The first-order chi connectivity index (χ1) is 10.0. The number of esters is 1. The normalized spacial score (nSPS) is 10.8. The average Bonchev–Trinajstić information content (AvgIpc) is 2.99. The van der Waals surface area contributed by atoms with Gasteiger partial charge in [-0.05, 0) is 25.0 Å². The van der Waals surface area contributed by atoms with Crippen molar-refractivity contribution in [2.45, 2.75) is 39.8 Å². The third kappa shape index (κ3) is 3.45. The van der Waals surface area contributed by atoms with Gasteiger partial charge < -0.3 is 15.0 Å². The first-order valence-electron chi connectivity index (χ1n) is 7.19. The maximum absolute atomic E-state index is 12.2. The Morgan fingerprint density at radius 3 is 2.76 bits per heavy atom. The molecular weight excluding hydrogens is 268 g/mol. The lowest BCUT2D eigenvalue weighted by molar-refractivity contribution is 0.0450. The Morgan fingerprint density at radius 1 is 1.38 bits per heavy atom. The Kier molecular flexibility index (Phi) is 4.67. The number of carbonyl (C=O) groups excluding carboxylic acids is 1. The summed E-state index contributed by atoms with van der Waals surface area (Å²) in [6, 6.07) is 3.60. The molecule has 0 atom stereocenters. The number of rotatable bonds is 6. The zero-order valence-electron chi connectivity index (χ0n) is 12.8. The summed E-state index contributed by atoms with van der Waals surface area (Å²) in [4.78, 5) is 12.2. The molecule has 114 valence electrons. The fourth-order valence-electron chi connectivity index (χ4n) is 2.22. The summed E-state index contributed by atoms with van der Waals surface area (Å²) in [5, 5.41) is 4.33. The van der Waals surface area contributed by atoms with Crippen molar-refractivity contribution in [3.63, 3.8) is 0 Å². The lowest BCUT2D eigenvalue weighted by Crippen LogP contribution is -2.13. The maximum Gasteiger partial charge on any atom is 0.355 e. The van der Waals surface area contributed by atoms with E-state index in [2.05, 4.69) is 5.10 Å². The van der Waals surface area contributed by atoms with Gasteiger partial charge in [-0.1, -0.05) is 13.8 Å². The van der Waals surface area contributed by atoms with Crippen molar-refractivity contribution in [1.29, 1.82) is 0 Å². The van der Waals surface area contributed by atoms with Crippen LogP contribution in [0.2, 0.25) is 0 Å². The van der Waals surface area contributed by atoms with Crippen molar-refractivity contribution >= 4 is 11.7 Å². The third-order valence-electron chi connectivity index (χ3n) is 3.33. The van der Waals surface area contributed by atoms with Crippen LogP contribution in [0, 0.1) is 0 Å². The minimum Gasteiger partial charge on any atom is -0.455 e. The molecular formula is C15H22N4O2. The Hall–Kier alpha value is -2.24. The fourth-order valence-corrected chi connectivity index (χ4v) is 2.22. The van der Waals surface area contributed by atoms with Crippen LogP contribution in [-0.4, -0.2) is 20.3 Å². The van der Waals surface area contributed by atoms with Gasteiger partial charge in [-0.25, -0.2) is 4.79 Å². The highest BCUT2D eigenvalue weighted by atomic mass is 16.5. The zero-order chi connectivity index (χ0) is 15.4. The van der Waals surface area contributed by atoms with Gasteiger partial charge in [0, 0.05) is 19.8 Å². The molecule has 6 nitrogen and oxygen atoms in total. The van der Waals surface area contributed by atoms with Crippen LogP contribution in [0.5, 0.6) is 0 Å². The van der Waals surface area contributed by atoms with Crippen LogP contribution in [0.15, 0.2) is 18.3 Å². The number of aryl methyl sites for hydroxylation is 3. The molecule has 2 heterocycles. The second-order valence-corrected chi connectivity index (χ2v) is 5.03. The summed E-state index contributed by atoms with van der Waals surface area (Å²) in [6.07, 6.45) is 3.55. The molecule has 0 aliphatic heterocycles. The highest BCUT2D eigenvalue weighted by molar-refractivity contribution is 5.89. The molecule has 0 fully saturated rings. The van der Waals surface area contributed by atoms with E-state index in [-0.39, 0.29) is 12.6 Å². The van der Waals surface area contributed by atoms with Crippen molar-refractivity contribution in [3.05, 3.63) is 35.4 Å². The largest absolute Gasteiger partial charge is 0.455 e. The lowest BCUT2D eigenvalue weighted by Gasteiger charge is -2.08. The molecule has 0 radical (unpaired) electrons. The van der Waals surface area contributed by atoms with Gasteiger partial charge in [0.05, 0.1) is 17.1 Å². The highest BCUT2D eigenvalue weighted by Gasteiger charge is 2.15. The number of hydrogen-bond donors (Lipinski definition) is 1. The quantitative estimate of drug-likeness (QED) is 0.827. The number of carbonyl (C=O) groups is 1. The minimum absolute atomic E-state index is 0.208. The highest BCUT2D eigenvalue weighted by Crippen LogP contribution is 2.14. The predicted octanol–water partition coefficient (Wildman–Crippen LogP) is 2.13. The minimum atomic E-state index is -0.362. The summed E-state index contributed by atoms with van der Waals surface area (Å²) in [7, 11) is 1.85. The van der Waals surface area contributed by atoms with Crippen molar-refractivity contribution in [1.82, 2.24) is 14.3 Å². The molecule has 0 saturated heterocycles.